The summed E-state index contributed by atoms with van der Waals surface area (Å²) in [5, 5.41) is 10.1. The molecule has 34 heavy (non-hydrogen) atoms. The van der Waals surface area contributed by atoms with Crippen LogP contribution in [0.25, 0.3) is 11.3 Å². The largest absolute Gasteiger partial charge is 0.344 e. The molecule has 3 aromatic rings. The number of aryl methyl sites for hydroxylation is 1. The molecular formula is C26H29N5O3. The Bertz CT molecular complexity index is 1140. The Labute approximate surface area is 199 Å². The van der Waals surface area contributed by atoms with Gasteiger partial charge in [-0.15, -0.1) is 0 Å². The van der Waals surface area contributed by atoms with Crippen LogP contribution in [0.2, 0.25) is 0 Å². The number of carbonyl (C=O) groups is 3. The zero-order chi connectivity index (χ0) is 23.9. The molecule has 1 aliphatic rings. The zero-order valence-corrected chi connectivity index (χ0v) is 19.3. The molecule has 0 atom stereocenters. The van der Waals surface area contributed by atoms with Crippen molar-refractivity contribution in [2.75, 3.05) is 31.6 Å². The summed E-state index contributed by atoms with van der Waals surface area (Å²) in [6.45, 7) is 1.22. The van der Waals surface area contributed by atoms with E-state index in [2.05, 4.69) is 15.5 Å². The van der Waals surface area contributed by atoms with Crippen LogP contribution in [0.15, 0.2) is 60.7 Å². The average Bonchev–Trinajstić information content (AvgIpc) is 3.52. The molecule has 1 aliphatic heterocycles. The van der Waals surface area contributed by atoms with Gasteiger partial charge in [0.1, 0.15) is 0 Å². The predicted octanol–water partition coefficient (Wildman–Crippen LogP) is 3.02. The number of amides is 3. The molecule has 1 aromatic heterocycles. The van der Waals surface area contributed by atoms with E-state index in [4.69, 9.17) is 0 Å². The maximum Gasteiger partial charge on any atom is 0.251 e. The van der Waals surface area contributed by atoms with E-state index in [1.165, 1.54) is 0 Å². The second-order valence-electron chi connectivity index (χ2n) is 8.44. The van der Waals surface area contributed by atoms with Gasteiger partial charge in [0.05, 0.1) is 12.2 Å². The van der Waals surface area contributed by atoms with Crippen LogP contribution in [0.1, 0.15) is 35.3 Å². The Morgan fingerprint density at radius 2 is 1.88 bits per heavy atom. The smallest absolute Gasteiger partial charge is 0.251 e. The number of carbonyl (C=O) groups excluding carboxylic acids is 3. The second kappa shape index (κ2) is 10.8. The van der Waals surface area contributed by atoms with Gasteiger partial charge in [0.25, 0.3) is 5.91 Å². The Morgan fingerprint density at radius 3 is 2.59 bits per heavy atom. The van der Waals surface area contributed by atoms with E-state index >= 15 is 0 Å². The SMILES string of the molecule is CN(CCCc1cc(-c2ccccc2)n[nH]1)C(=O)CNC(=O)c1ccc(N2CCCC2=O)cc1. The van der Waals surface area contributed by atoms with Gasteiger partial charge in [-0.3, -0.25) is 19.5 Å². The van der Waals surface area contributed by atoms with E-state index in [9.17, 15) is 14.4 Å². The van der Waals surface area contributed by atoms with Gasteiger partial charge in [0.2, 0.25) is 11.8 Å². The maximum absolute atomic E-state index is 12.4. The van der Waals surface area contributed by atoms with Crippen LogP contribution in [-0.2, 0) is 16.0 Å². The van der Waals surface area contributed by atoms with E-state index in [0.717, 1.165) is 41.9 Å². The van der Waals surface area contributed by atoms with Crippen molar-refractivity contribution in [3.63, 3.8) is 0 Å². The molecule has 0 aliphatic carbocycles. The van der Waals surface area contributed by atoms with Crippen molar-refractivity contribution in [2.45, 2.75) is 25.7 Å². The molecule has 0 bridgehead atoms. The topological polar surface area (TPSA) is 98.4 Å². The number of likely N-dealkylation sites (N-methyl/N-ethyl adjacent to an activating group) is 1. The number of aromatic nitrogens is 2. The minimum Gasteiger partial charge on any atom is -0.344 e. The van der Waals surface area contributed by atoms with Crippen LogP contribution < -0.4 is 10.2 Å². The van der Waals surface area contributed by atoms with Crippen molar-refractivity contribution in [3.8, 4) is 11.3 Å². The molecule has 1 fully saturated rings. The van der Waals surface area contributed by atoms with Crippen LogP contribution in [0.3, 0.4) is 0 Å². The summed E-state index contributed by atoms with van der Waals surface area (Å²) in [5.74, 6) is -0.357. The Hall–Kier alpha value is -3.94. The quantitative estimate of drug-likeness (QED) is 0.514. The minimum atomic E-state index is -0.313. The third kappa shape index (κ3) is 5.70. The normalized spacial score (nSPS) is 13.2. The first-order chi connectivity index (χ1) is 16.5. The van der Waals surface area contributed by atoms with E-state index in [1.54, 1.807) is 41.1 Å². The van der Waals surface area contributed by atoms with Gasteiger partial charge in [0, 0.05) is 49.1 Å². The molecule has 176 valence electrons. The number of benzene rings is 2. The van der Waals surface area contributed by atoms with E-state index in [-0.39, 0.29) is 24.3 Å². The lowest BCUT2D eigenvalue weighted by Crippen LogP contribution is -2.38. The molecule has 4 rings (SSSR count). The third-order valence-corrected chi connectivity index (χ3v) is 5.98. The Kier molecular flexibility index (Phi) is 7.37. The number of hydrogen-bond acceptors (Lipinski definition) is 4. The molecular weight excluding hydrogens is 430 g/mol. The van der Waals surface area contributed by atoms with Gasteiger partial charge >= 0.3 is 0 Å². The summed E-state index contributed by atoms with van der Waals surface area (Å²) >= 11 is 0. The Balaban J connectivity index is 1.19. The molecule has 2 aromatic carbocycles. The number of nitrogens with one attached hydrogen (secondary N) is 2. The van der Waals surface area contributed by atoms with Crippen molar-refractivity contribution in [3.05, 3.63) is 71.9 Å². The Morgan fingerprint density at radius 1 is 1.12 bits per heavy atom. The summed E-state index contributed by atoms with van der Waals surface area (Å²) in [5.41, 5.74) is 4.24. The fourth-order valence-corrected chi connectivity index (χ4v) is 3.98. The third-order valence-electron chi connectivity index (χ3n) is 5.98. The van der Waals surface area contributed by atoms with Gasteiger partial charge in [-0.05, 0) is 49.6 Å². The molecule has 8 nitrogen and oxygen atoms in total. The fourth-order valence-electron chi connectivity index (χ4n) is 3.98. The van der Waals surface area contributed by atoms with Gasteiger partial charge in [-0.2, -0.15) is 5.10 Å². The highest BCUT2D eigenvalue weighted by molar-refractivity contribution is 5.98. The van der Waals surface area contributed by atoms with Crippen molar-refractivity contribution in [1.29, 1.82) is 0 Å². The van der Waals surface area contributed by atoms with Gasteiger partial charge < -0.3 is 15.1 Å². The molecule has 2 heterocycles. The number of hydrogen-bond donors (Lipinski definition) is 2. The summed E-state index contributed by atoms with van der Waals surface area (Å²) in [6, 6.07) is 18.9. The van der Waals surface area contributed by atoms with Crippen molar-refractivity contribution < 1.29 is 14.4 Å². The predicted molar refractivity (Wildman–Crippen MR) is 130 cm³/mol. The summed E-state index contributed by atoms with van der Waals surface area (Å²) in [7, 11) is 1.73. The number of anilines is 1. The van der Waals surface area contributed by atoms with E-state index in [0.29, 0.717) is 25.1 Å². The monoisotopic (exact) mass is 459 g/mol. The maximum atomic E-state index is 12.4. The summed E-state index contributed by atoms with van der Waals surface area (Å²) in [6.07, 6.45) is 2.97. The van der Waals surface area contributed by atoms with Gasteiger partial charge in [0.15, 0.2) is 0 Å². The molecule has 0 unspecified atom stereocenters. The number of aromatic amines is 1. The van der Waals surface area contributed by atoms with Crippen LogP contribution in [0, 0.1) is 0 Å². The van der Waals surface area contributed by atoms with Gasteiger partial charge in [-0.25, -0.2) is 0 Å². The first-order valence-corrected chi connectivity index (χ1v) is 11.5. The van der Waals surface area contributed by atoms with E-state index < -0.39 is 0 Å². The molecule has 0 saturated carbocycles. The first kappa shape index (κ1) is 23.2. The highest BCUT2D eigenvalue weighted by atomic mass is 16.2. The lowest BCUT2D eigenvalue weighted by atomic mass is 10.1. The van der Waals surface area contributed by atoms with Crippen molar-refractivity contribution >= 4 is 23.4 Å². The zero-order valence-electron chi connectivity index (χ0n) is 19.3. The van der Waals surface area contributed by atoms with Crippen molar-refractivity contribution in [2.24, 2.45) is 0 Å². The highest BCUT2D eigenvalue weighted by Gasteiger charge is 2.21. The summed E-state index contributed by atoms with van der Waals surface area (Å²) < 4.78 is 0. The second-order valence-corrected chi connectivity index (χ2v) is 8.44. The molecule has 0 spiro atoms. The van der Waals surface area contributed by atoms with Crippen LogP contribution >= 0.6 is 0 Å². The molecule has 3 amide bonds. The fraction of sp³-hybridized carbons (Fsp3) is 0.308. The number of rotatable bonds is 9. The lowest BCUT2D eigenvalue weighted by molar-refractivity contribution is -0.128. The lowest BCUT2D eigenvalue weighted by Gasteiger charge is -2.18. The summed E-state index contributed by atoms with van der Waals surface area (Å²) in [4.78, 5) is 40.0. The molecule has 0 radical (unpaired) electrons. The van der Waals surface area contributed by atoms with Crippen LogP contribution in [-0.4, -0.2) is 59.5 Å². The van der Waals surface area contributed by atoms with E-state index in [1.807, 2.05) is 36.4 Å². The average molecular weight is 460 g/mol. The van der Waals surface area contributed by atoms with Crippen molar-refractivity contribution in [1.82, 2.24) is 20.4 Å². The molecule has 8 heteroatoms. The highest BCUT2D eigenvalue weighted by Crippen LogP contribution is 2.21. The van der Waals surface area contributed by atoms with Gasteiger partial charge in [-0.1, -0.05) is 30.3 Å². The number of nitrogens with zero attached hydrogens (tertiary/aromatic N) is 3. The first-order valence-electron chi connectivity index (χ1n) is 11.5. The molecule has 1 saturated heterocycles. The minimum absolute atomic E-state index is 0.0656. The number of H-pyrrole nitrogens is 1. The standard InChI is InChI=1S/C26H29N5O3/c1-30(15-5-9-21-17-23(29-28-21)19-7-3-2-4-8-19)25(33)18-27-26(34)20-11-13-22(14-12-20)31-16-6-10-24(31)32/h2-4,7-8,11-14,17H,5-6,9-10,15-16,18H2,1H3,(H,27,34)(H,28,29). The molecule has 2 N–H and O–H groups in total. The van der Waals surface area contributed by atoms with Crippen LogP contribution in [0.4, 0.5) is 5.69 Å². The van der Waals surface area contributed by atoms with Crippen LogP contribution in [0.5, 0.6) is 0 Å².